The van der Waals surface area contributed by atoms with Gasteiger partial charge >= 0.3 is 0 Å². The highest BCUT2D eigenvalue weighted by Gasteiger charge is 2.67. The number of hydrogen-bond donors (Lipinski definition) is 1. The Bertz CT molecular complexity index is 1160. The van der Waals surface area contributed by atoms with Gasteiger partial charge in [-0.1, -0.05) is 41.4 Å². The second-order valence-corrected chi connectivity index (χ2v) is 9.61. The van der Waals surface area contributed by atoms with Gasteiger partial charge in [0, 0.05) is 11.3 Å². The van der Waals surface area contributed by atoms with E-state index < -0.39 is 0 Å². The monoisotopic (exact) mass is 452 g/mol. The number of hydrogen-bond acceptors (Lipinski definition) is 3. The van der Waals surface area contributed by atoms with E-state index in [1.54, 1.807) is 42.5 Å². The summed E-state index contributed by atoms with van der Waals surface area (Å²) in [5, 5.41) is 3.51. The van der Waals surface area contributed by atoms with Crippen LogP contribution in [-0.4, -0.2) is 17.7 Å². The maximum atomic E-state index is 13.3. The third-order valence-electron chi connectivity index (χ3n) is 7.21. The van der Waals surface area contributed by atoms with Crippen LogP contribution in [0.4, 0.5) is 11.4 Å². The highest BCUT2D eigenvalue weighted by atomic mass is 35.5. The minimum atomic E-state index is -0.361. The quantitative estimate of drug-likeness (QED) is 0.536. The molecule has 4 aliphatic carbocycles. The number of amides is 3. The lowest BCUT2D eigenvalue weighted by Crippen LogP contribution is -2.40. The summed E-state index contributed by atoms with van der Waals surface area (Å²) in [6.07, 6.45) is 5.42. The van der Waals surface area contributed by atoms with Gasteiger partial charge in [-0.25, -0.2) is 4.90 Å². The molecule has 0 aromatic heterocycles. The zero-order chi connectivity index (χ0) is 21.4. The first-order chi connectivity index (χ1) is 14.9. The Labute approximate surface area is 189 Å². The molecule has 6 atom stereocenters. The highest BCUT2D eigenvalue weighted by Crippen LogP contribution is 2.65. The lowest BCUT2D eigenvalue weighted by atomic mass is 9.63. The number of imide groups is 1. The van der Waals surface area contributed by atoms with Crippen molar-refractivity contribution in [3.63, 3.8) is 0 Å². The van der Waals surface area contributed by atoms with E-state index in [-0.39, 0.29) is 41.4 Å². The number of halogens is 2. The standard InChI is InChI=1S/C24H18Cl2N2O3/c25-18-7-4-12(9-19(18)26)27-22(29)11-2-1-3-13(8-11)28-23(30)20-14-5-6-15(17-10-16(14)17)21(20)24(28)31/h1-9,14-17,20-21H,10H2,(H,27,29)/t14-,15-,16-,17-,20-,21+/m0/s1. The Hall–Kier alpha value is -2.63. The van der Waals surface area contributed by atoms with E-state index in [4.69, 9.17) is 23.2 Å². The lowest BCUT2D eigenvalue weighted by Gasteiger charge is -2.37. The lowest BCUT2D eigenvalue weighted by molar-refractivity contribution is -0.124. The fourth-order valence-corrected chi connectivity index (χ4v) is 6.07. The molecule has 2 bridgehead atoms. The summed E-state index contributed by atoms with van der Waals surface area (Å²) >= 11 is 11.9. The Morgan fingerprint density at radius 2 is 1.58 bits per heavy atom. The van der Waals surface area contributed by atoms with Crippen LogP contribution in [0.25, 0.3) is 0 Å². The molecule has 1 saturated heterocycles. The number of anilines is 2. The van der Waals surface area contributed by atoms with Crippen LogP contribution in [0.15, 0.2) is 54.6 Å². The first-order valence-corrected chi connectivity index (χ1v) is 11.1. The van der Waals surface area contributed by atoms with Crippen LogP contribution in [-0.2, 0) is 9.59 Å². The molecule has 1 heterocycles. The molecule has 7 rings (SSSR count). The van der Waals surface area contributed by atoms with E-state index in [2.05, 4.69) is 17.5 Å². The molecule has 3 fully saturated rings. The molecule has 0 unspecified atom stereocenters. The number of carbonyl (C=O) groups is 3. The number of carbonyl (C=O) groups excluding carboxylic acids is 3. The fourth-order valence-electron chi connectivity index (χ4n) is 5.77. The van der Waals surface area contributed by atoms with Crippen molar-refractivity contribution in [1.82, 2.24) is 0 Å². The molecule has 2 aromatic rings. The van der Waals surface area contributed by atoms with Crippen LogP contribution >= 0.6 is 23.2 Å². The number of nitrogens with zero attached hydrogens (tertiary/aromatic N) is 1. The number of allylic oxidation sites excluding steroid dienone is 2. The molecule has 5 nitrogen and oxygen atoms in total. The van der Waals surface area contributed by atoms with Crippen molar-refractivity contribution in [2.24, 2.45) is 35.5 Å². The summed E-state index contributed by atoms with van der Waals surface area (Å²) in [6.45, 7) is 0. The summed E-state index contributed by atoms with van der Waals surface area (Å²) in [5.74, 6) is 0.279. The highest BCUT2D eigenvalue weighted by molar-refractivity contribution is 6.42. The largest absolute Gasteiger partial charge is 0.322 e. The molecule has 31 heavy (non-hydrogen) atoms. The number of benzene rings is 2. The van der Waals surface area contributed by atoms with Gasteiger partial charge in [0.1, 0.15) is 0 Å². The van der Waals surface area contributed by atoms with Crippen molar-refractivity contribution in [2.45, 2.75) is 6.42 Å². The molecule has 1 N–H and O–H groups in total. The van der Waals surface area contributed by atoms with E-state index in [1.165, 1.54) is 4.90 Å². The summed E-state index contributed by atoms with van der Waals surface area (Å²) in [7, 11) is 0. The van der Waals surface area contributed by atoms with E-state index in [1.807, 2.05) is 0 Å². The smallest absolute Gasteiger partial charge is 0.255 e. The van der Waals surface area contributed by atoms with Gasteiger partial charge in [0.05, 0.1) is 27.6 Å². The molecule has 0 radical (unpaired) electrons. The van der Waals surface area contributed by atoms with Crippen LogP contribution in [0.3, 0.4) is 0 Å². The molecular weight excluding hydrogens is 435 g/mol. The van der Waals surface area contributed by atoms with Crippen molar-refractivity contribution in [3.05, 3.63) is 70.2 Å². The molecular formula is C24H18Cl2N2O3. The van der Waals surface area contributed by atoms with Crippen LogP contribution in [0.1, 0.15) is 16.8 Å². The second-order valence-electron chi connectivity index (χ2n) is 8.80. The zero-order valence-corrected chi connectivity index (χ0v) is 17.8. The molecule has 7 heteroatoms. The first kappa shape index (κ1) is 19.1. The van der Waals surface area contributed by atoms with Crippen molar-refractivity contribution in [1.29, 1.82) is 0 Å². The molecule has 2 saturated carbocycles. The van der Waals surface area contributed by atoms with Gasteiger partial charge in [-0.15, -0.1) is 0 Å². The van der Waals surface area contributed by atoms with Crippen LogP contribution < -0.4 is 10.2 Å². The Morgan fingerprint density at radius 3 is 2.23 bits per heavy atom. The second kappa shape index (κ2) is 6.68. The molecule has 156 valence electrons. The predicted molar refractivity (Wildman–Crippen MR) is 118 cm³/mol. The number of nitrogens with one attached hydrogen (secondary N) is 1. The topological polar surface area (TPSA) is 66.5 Å². The normalized spacial score (nSPS) is 32.1. The minimum Gasteiger partial charge on any atom is -0.322 e. The third-order valence-corrected chi connectivity index (χ3v) is 7.95. The summed E-state index contributed by atoms with van der Waals surface area (Å²) in [4.78, 5) is 40.6. The molecule has 2 aromatic carbocycles. The molecule has 1 aliphatic heterocycles. The van der Waals surface area contributed by atoms with Gasteiger partial charge in [-0.3, -0.25) is 14.4 Å². The average Bonchev–Trinajstić information content (AvgIpc) is 3.54. The zero-order valence-electron chi connectivity index (χ0n) is 16.3. The van der Waals surface area contributed by atoms with Crippen LogP contribution in [0, 0.1) is 35.5 Å². The van der Waals surface area contributed by atoms with E-state index in [9.17, 15) is 14.4 Å². The Morgan fingerprint density at radius 1 is 0.903 bits per heavy atom. The summed E-state index contributed by atoms with van der Waals surface area (Å²) in [5.41, 5.74) is 1.30. The summed E-state index contributed by atoms with van der Waals surface area (Å²) in [6, 6.07) is 11.5. The van der Waals surface area contributed by atoms with Crippen LogP contribution in [0.2, 0.25) is 10.0 Å². The van der Waals surface area contributed by atoms with Crippen molar-refractivity contribution in [3.8, 4) is 0 Å². The maximum Gasteiger partial charge on any atom is 0.255 e. The van der Waals surface area contributed by atoms with Gasteiger partial charge in [0.15, 0.2) is 0 Å². The van der Waals surface area contributed by atoms with Gasteiger partial charge in [-0.05, 0) is 66.5 Å². The third kappa shape index (κ3) is 2.80. The predicted octanol–water partition coefficient (Wildman–Crippen LogP) is 4.80. The van der Waals surface area contributed by atoms with E-state index in [0.29, 0.717) is 38.8 Å². The molecule has 3 amide bonds. The molecule has 5 aliphatic rings. The van der Waals surface area contributed by atoms with E-state index >= 15 is 0 Å². The van der Waals surface area contributed by atoms with Gasteiger partial charge < -0.3 is 5.32 Å². The van der Waals surface area contributed by atoms with Crippen molar-refractivity contribution < 1.29 is 14.4 Å². The molecule has 0 spiro atoms. The number of rotatable bonds is 3. The van der Waals surface area contributed by atoms with Gasteiger partial charge in [0.2, 0.25) is 11.8 Å². The van der Waals surface area contributed by atoms with Gasteiger partial charge in [0.25, 0.3) is 5.91 Å². The summed E-state index contributed by atoms with van der Waals surface area (Å²) < 4.78 is 0. The Balaban J connectivity index is 1.28. The van der Waals surface area contributed by atoms with Crippen molar-refractivity contribution >= 4 is 52.3 Å². The van der Waals surface area contributed by atoms with E-state index in [0.717, 1.165) is 6.42 Å². The minimum absolute atomic E-state index is 0.137. The maximum absolute atomic E-state index is 13.3. The fraction of sp³-hybridized carbons (Fsp3) is 0.292. The van der Waals surface area contributed by atoms with Crippen LogP contribution in [0.5, 0.6) is 0 Å². The van der Waals surface area contributed by atoms with Gasteiger partial charge in [-0.2, -0.15) is 0 Å². The Kier molecular flexibility index (Phi) is 4.11. The average molecular weight is 453 g/mol. The SMILES string of the molecule is O=C(Nc1ccc(Cl)c(Cl)c1)c1cccc(N2C(=O)[C@@H]3[C@H]4C=C[C@@H]([C@@H]5C[C@@H]45)[C@@H]3C2=O)c1. The van der Waals surface area contributed by atoms with Crippen molar-refractivity contribution in [2.75, 3.05) is 10.2 Å². The first-order valence-electron chi connectivity index (χ1n) is 10.4.